The molecule has 3 heteroatoms. The van der Waals surface area contributed by atoms with E-state index in [0.29, 0.717) is 12.3 Å². The molecule has 0 aliphatic rings. The summed E-state index contributed by atoms with van der Waals surface area (Å²) in [6, 6.07) is 16.4. The first-order valence-electron chi connectivity index (χ1n) is 8.40. The third-order valence-corrected chi connectivity index (χ3v) is 4.65. The van der Waals surface area contributed by atoms with Gasteiger partial charge in [0.05, 0.1) is 6.42 Å². The van der Waals surface area contributed by atoms with Crippen LogP contribution >= 0.6 is 0 Å². The van der Waals surface area contributed by atoms with E-state index in [1.54, 1.807) is 4.90 Å². The molecule has 124 valence electrons. The Morgan fingerprint density at radius 2 is 1.88 bits per heavy atom. The minimum absolute atomic E-state index is 0.101. The van der Waals surface area contributed by atoms with Crippen molar-refractivity contribution in [2.45, 2.75) is 33.1 Å². The summed E-state index contributed by atoms with van der Waals surface area (Å²) in [5, 5.41) is 1.13. The van der Waals surface area contributed by atoms with E-state index in [2.05, 4.69) is 37.0 Å². The van der Waals surface area contributed by atoms with E-state index in [1.807, 2.05) is 44.3 Å². The maximum atomic E-state index is 12.8. The highest BCUT2D eigenvalue weighted by Gasteiger charge is 2.17. The van der Waals surface area contributed by atoms with Crippen molar-refractivity contribution in [1.29, 1.82) is 0 Å². The zero-order valence-electron chi connectivity index (χ0n) is 14.8. The molecule has 0 aliphatic heterocycles. The van der Waals surface area contributed by atoms with Crippen LogP contribution in [0.4, 0.5) is 5.69 Å². The number of anilines is 1. The molecule has 3 aromatic rings. The Balaban J connectivity index is 1.86. The van der Waals surface area contributed by atoms with Crippen LogP contribution in [0.3, 0.4) is 0 Å². The van der Waals surface area contributed by atoms with Crippen LogP contribution in [0.25, 0.3) is 10.9 Å². The third-order valence-electron chi connectivity index (χ3n) is 4.65. The topological polar surface area (TPSA) is 36.1 Å². The van der Waals surface area contributed by atoms with Gasteiger partial charge < -0.3 is 9.88 Å². The summed E-state index contributed by atoms with van der Waals surface area (Å²) < 4.78 is 0. The van der Waals surface area contributed by atoms with Crippen molar-refractivity contribution in [3.8, 4) is 0 Å². The van der Waals surface area contributed by atoms with Crippen molar-refractivity contribution in [2.24, 2.45) is 0 Å². The minimum atomic E-state index is 0.101. The summed E-state index contributed by atoms with van der Waals surface area (Å²) in [7, 11) is 1.85. The fourth-order valence-corrected chi connectivity index (χ4v) is 3.07. The monoisotopic (exact) mass is 320 g/mol. The summed E-state index contributed by atoms with van der Waals surface area (Å²) in [6.45, 7) is 6.36. The number of rotatable bonds is 4. The lowest BCUT2D eigenvalue weighted by molar-refractivity contribution is -0.117. The Kier molecular flexibility index (Phi) is 4.43. The van der Waals surface area contributed by atoms with Gasteiger partial charge in [-0.05, 0) is 42.2 Å². The van der Waals surface area contributed by atoms with E-state index in [0.717, 1.165) is 27.8 Å². The average Bonchev–Trinajstić information content (AvgIpc) is 2.90. The maximum absolute atomic E-state index is 12.8. The first-order valence-corrected chi connectivity index (χ1v) is 8.40. The molecule has 1 aromatic heterocycles. The number of likely N-dealkylation sites (N-methyl/N-ethyl adjacent to an activating group) is 1. The number of carbonyl (C=O) groups excluding carboxylic acids is 1. The standard InChI is InChI=1S/C21H24N2O/c1-14(2)16-8-7-9-17(12-16)23(4)21(24)13-19-15(3)22-20-11-6-5-10-18(19)20/h5-12,14,22H,13H2,1-4H3. The maximum Gasteiger partial charge on any atom is 0.231 e. The van der Waals surface area contributed by atoms with E-state index in [1.165, 1.54) is 5.56 Å². The smallest absolute Gasteiger partial charge is 0.231 e. The number of nitrogens with one attached hydrogen (secondary N) is 1. The molecule has 1 N–H and O–H groups in total. The van der Waals surface area contributed by atoms with Gasteiger partial charge in [-0.1, -0.05) is 44.2 Å². The van der Waals surface area contributed by atoms with Crippen LogP contribution in [0, 0.1) is 6.92 Å². The molecule has 0 unspecified atom stereocenters. The third kappa shape index (κ3) is 3.07. The first-order chi connectivity index (χ1) is 11.5. The number of fused-ring (bicyclic) bond motifs is 1. The summed E-state index contributed by atoms with van der Waals surface area (Å²) in [5.74, 6) is 0.549. The molecular formula is C21H24N2O. The Bertz CT molecular complexity index is 876. The molecule has 2 aromatic carbocycles. The zero-order chi connectivity index (χ0) is 17.3. The second kappa shape index (κ2) is 6.52. The quantitative estimate of drug-likeness (QED) is 0.736. The van der Waals surface area contributed by atoms with Gasteiger partial charge in [0.25, 0.3) is 0 Å². The Morgan fingerprint density at radius 1 is 1.12 bits per heavy atom. The number of hydrogen-bond donors (Lipinski definition) is 1. The number of benzene rings is 2. The Morgan fingerprint density at radius 3 is 2.62 bits per heavy atom. The predicted octanol–water partition coefficient (Wildman–Crippen LogP) is 4.81. The number of hydrogen-bond acceptors (Lipinski definition) is 1. The van der Waals surface area contributed by atoms with Crippen LogP contribution < -0.4 is 4.90 Å². The van der Waals surface area contributed by atoms with Crippen LogP contribution in [-0.2, 0) is 11.2 Å². The molecule has 3 nitrogen and oxygen atoms in total. The number of aromatic amines is 1. The van der Waals surface area contributed by atoms with Crippen LogP contribution in [-0.4, -0.2) is 17.9 Å². The highest BCUT2D eigenvalue weighted by Crippen LogP contribution is 2.25. The Hall–Kier alpha value is -2.55. The Labute approximate surface area is 143 Å². The molecule has 1 amide bonds. The van der Waals surface area contributed by atoms with Gasteiger partial charge in [0.15, 0.2) is 0 Å². The fraction of sp³-hybridized carbons (Fsp3) is 0.286. The molecule has 0 radical (unpaired) electrons. The molecule has 0 saturated carbocycles. The van der Waals surface area contributed by atoms with Crippen molar-refractivity contribution in [2.75, 3.05) is 11.9 Å². The normalized spacial score (nSPS) is 11.2. The first kappa shape index (κ1) is 16.3. The number of para-hydroxylation sites is 1. The van der Waals surface area contributed by atoms with E-state index in [-0.39, 0.29) is 5.91 Å². The van der Waals surface area contributed by atoms with Gasteiger partial charge in [-0.3, -0.25) is 4.79 Å². The van der Waals surface area contributed by atoms with E-state index >= 15 is 0 Å². The van der Waals surface area contributed by atoms with Crippen molar-refractivity contribution in [3.63, 3.8) is 0 Å². The van der Waals surface area contributed by atoms with Crippen molar-refractivity contribution >= 4 is 22.5 Å². The van der Waals surface area contributed by atoms with Crippen molar-refractivity contribution in [3.05, 3.63) is 65.4 Å². The highest BCUT2D eigenvalue weighted by molar-refractivity contribution is 5.97. The predicted molar refractivity (Wildman–Crippen MR) is 101 cm³/mol. The largest absolute Gasteiger partial charge is 0.358 e. The number of nitrogens with zero attached hydrogens (tertiary/aromatic N) is 1. The fourth-order valence-electron chi connectivity index (χ4n) is 3.07. The van der Waals surface area contributed by atoms with Crippen LogP contribution in [0.5, 0.6) is 0 Å². The SMILES string of the molecule is Cc1[nH]c2ccccc2c1CC(=O)N(C)c1cccc(C(C)C)c1. The molecule has 0 spiro atoms. The lowest BCUT2D eigenvalue weighted by atomic mass is 10.0. The number of H-pyrrole nitrogens is 1. The lowest BCUT2D eigenvalue weighted by Crippen LogP contribution is -2.28. The van der Waals surface area contributed by atoms with Gasteiger partial charge in [0, 0.05) is 29.3 Å². The molecule has 0 aliphatic carbocycles. The molecular weight excluding hydrogens is 296 g/mol. The van der Waals surface area contributed by atoms with Gasteiger partial charge >= 0.3 is 0 Å². The van der Waals surface area contributed by atoms with E-state index < -0.39 is 0 Å². The summed E-state index contributed by atoms with van der Waals surface area (Å²) in [6.07, 6.45) is 0.401. The number of aromatic nitrogens is 1. The van der Waals surface area contributed by atoms with E-state index in [4.69, 9.17) is 0 Å². The number of carbonyl (C=O) groups is 1. The van der Waals surface area contributed by atoms with Crippen LogP contribution in [0.1, 0.15) is 36.6 Å². The molecule has 3 rings (SSSR count). The molecule has 0 fully saturated rings. The lowest BCUT2D eigenvalue weighted by Gasteiger charge is -2.19. The number of aryl methyl sites for hydroxylation is 1. The summed E-state index contributed by atoms with van der Waals surface area (Å²) in [4.78, 5) is 17.9. The van der Waals surface area contributed by atoms with Gasteiger partial charge in [-0.15, -0.1) is 0 Å². The molecule has 0 saturated heterocycles. The van der Waals surface area contributed by atoms with Gasteiger partial charge in [-0.25, -0.2) is 0 Å². The average molecular weight is 320 g/mol. The minimum Gasteiger partial charge on any atom is -0.358 e. The molecule has 24 heavy (non-hydrogen) atoms. The molecule has 0 bridgehead atoms. The van der Waals surface area contributed by atoms with Crippen molar-refractivity contribution < 1.29 is 4.79 Å². The van der Waals surface area contributed by atoms with Gasteiger partial charge in [-0.2, -0.15) is 0 Å². The van der Waals surface area contributed by atoms with Gasteiger partial charge in [0.1, 0.15) is 0 Å². The second-order valence-corrected chi connectivity index (χ2v) is 6.65. The molecule has 0 atom stereocenters. The van der Waals surface area contributed by atoms with Crippen LogP contribution in [0.2, 0.25) is 0 Å². The summed E-state index contributed by atoms with van der Waals surface area (Å²) >= 11 is 0. The second-order valence-electron chi connectivity index (χ2n) is 6.65. The van der Waals surface area contributed by atoms with Crippen LogP contribution in [0.15, 0.2) is 48.5 Å². The number of amides is 1. The summed E-state index contributed by atoms with van der Waals surface area (Å²) in [5.41, 5.74) is 5.43. The highest BCUT2D eigenvalue weighted by atomic mass is 16.2. The zero-order valence-corrected chi connectivity index (χ0v) is 14.8. The van der Waals surface area contributed by atoms with Gasteiger partial charge in [0.2, 0.25) is 5.91 Å². The van der Waals surface area contributed by atoms with Crippen molar-refractivity contribution in [1.82, 2.24) is 4.98 Å². The van der Waals surface area contributed by atoms with E-state index in [9.17, 15) is 4.79 Å². The molecule has 1 heterocycles.